The van der Waals surface area contributed by atoms with Gasteiger partial charge in [0.05, 0.1) is 22.1 Å². The first-order valence-electron chi connectivity index (χ1n) is 46.5. The van der Waals surface area contributed by atoms with E-state index in [4.69, 9.17) is 22.1 Å². The molecular weight excluding hydrogens is 1670 g/mol. The van der Waals surface area contributed by atoms with Crippen molar-refractivity contribution in [2.24, 2.45) is 0 Å². The van der Waals surface area contributed by atoms with Crippen molar-refractivity contribution in [3.8, 4) is 78.4 Å². The Bertz CT molecular complexity index is 9940. The molecule has 0 bridgehead atoms. The van der Waals surface area contributed by atoms with Gasteiger partial charge in [0.2, 0.25) is 0 Å². The van der Waals surface area contributed by atoms with E-state index in [1.54, 1.807) is 0 Å². The summed E-state index contributed by atoms with van der Waals surface area (Å²) in [5.74, 6) is 0. The standard InChI is InChI=1S/C34H21NO.C32H19NO2.C32H21NO.C30H19NO/c1-2-11-27-22(8-1)16-17-25-20-24(18-19-28(25)27)23-9-7-10-26(21-23)35-31-14-5-3-12-29(31)34-33(35)30-13-4-6-15-32(30)36-34;1-4-16-27-25(12-1)32-30(26-13-3-6-18-29(26)35-32)33(27)21-10-7-9-20(19-21)22-14-8-15-24-23-11-2-5-17-28(23)34-31(22)24;1-3-11-22(12-4-1)24-19-25(23-13-5-2-6-14-23)21-26(20-24)33-29-17-9-7-15-27(29)32-31(33)28-16-8-10-18-30(28)34-32;1-2-9-20(10-3-1)23-14-8-11-21-19-22(17-18-24(21)23)31-27-15-6-4-12-25(27)30-29(31)26-13-5-7-16-28(26)32-30/h1-21H;1-19H;1-21H;1-19H. The average molecular weight is 1750 g/mol. The summed E-state index contributed by atoms with van der Waals surface area (Å²) in [5, 5.41) is 18.9. The summed E-state index contributed by atoms with van der Waals surface area (Å²) >= 11 is 0. The fourth-order valence-corrected chi connectivity index (χ4v) is 21.2. The fraction of sp³-hybridized carbons (Fsp3) is 0. The van der Waals surface area contributed by atoms with Crippen LogP contribution in [0.15, 0.2) is 507 Å². The molecular formula is C128H80N4O5. The van der Waals surface area contributed by atoms with E-state index < -0.39 is 0 Å². The van der Waals surface area contributed by atoms with Gasteiger partial charge in [-0.15, -0.1) is 0 Å². The summed E-state index contributed by atoms with van der Waals surface area (Å²) in [7, 11) is 0. The molecule has 0 amide bonds. The maximum Gasteiger partial charge on any atom is 0.161 e. The predicted molar refractivity (Wildman–Crippen MR) is 569 cm³/mol. The van der Waals surface area contributed by atoms with Gasteiger partial charge in [-0.05, 0) is 246 Å². The third-order valence-electron chi connectivity index (χ3n) is 27.3. The van der Waals surface area contributed by atoms with Gasteiger partial charge in [0.25, 0.3) is 0 Å². The summed E-state index contributed by atoms with van der Waals surface area (Å²) < 4.78 is 41.1. The number of hydrogen-bond donors (Lipinski definition) is 0. The summed E-state index contributed by atoms with van der Waals surface area (Å²) in [4.78, 5) is 0. The van der Waals surface area contributed by atoms with Crippen LogP contribution in [0.1, 0.15) is 0 Å². The molecule has 30 rings (SSSR count). The molecule has 9 aromatic heterocycles. The maximum absolute atomic E-state index is 6.38. The zero-order chi connectivity index (χ0) is 90.1. The molecule has 30 aromatic rings. The van der Waals surface area contributed by atoms with Gasteiger partial charge in [0, 0.05) is 82.2 Å². The summed E-state index contributed by atoms with van der Waals surface area (Å²) in [6.45, 7) is 0. The van der Waals surface area contributed by atoms with Gasteiger partial charge in [-0.3, -0.25) is 0 Å². The van der Waals surface area contributed by atoms with Crippen LogP contribution in [0.5, 0.6) is 0 Å². The normalized spacial score (nSPS) is 11.8. The third-order valence-corrected chi connectivity index (χ3v) is 27.3. The molecule has 0 saturated heterocycles. The van der Waals surface area contributed by atoms with Crippen LogP contribution < -0.4 is 0 Å². The van der Waals surface area contributed by atoms with Crippen LogP contribution in [-0.2, 0) is 0 Å². The molecule has 9 heterocycles. The predicted octanol–water partition coefficient (Wildman–Crippen LogP) is 35.8. The van der Waals surface area contributed by atoms with Crippen LogP contribution in [0.2, 0.25) is 0 Å². The highest BCUT2D eigenvalue weighted by atomic mass is 16.3. The minimum absolute atomic E-state index is 0.903. The number of aromatic nitrogens is 4. The SMILES string of the molecule is c1cc(-c2ccc3c(ccc4ccccc43)c2)cc(-n2c3ccccc3c3oc4ccccc4c32)c1.c1cc(-c2cccc3c2oc2ccccc23)cc(-n2c3ccccc3c3oc4ccccc4c32)c1.c1ccc(-c2cc(-c3ccccc3)cc(-n3c4ccccc4c4oc5ccccc5c43)c2)cc1.c1ccc(-c2cccc3cc(-n4c5ccccc5c5oc6ccccc6c54)ccc23)cc1. The van der Waals surface area contributed by atoms with Gasteiger partial charge in [-0.25, -0.2) is 0 Å². The van der Waals surface area contributed by atoms with Crippen molar-refractivity contribution in [1.82, 2.24) is 18.3 Å². The molecule has 0 saturated carbocycles. The molecule has 0 spiro atoms. The summed E-state index contributed by atoms with van der Waals surface area (Å²) in [6, 6.07) is 171. The lowest BCUT2D eigenvalue weighted by Gasteiger charge is -2.14. The largest absolute Gasteiger partial charge is 0.455 e. The highest BCUT2D eigenvalue weighted by molar-refractivity contribution is 6.21. The first-order valence-corrected chi connectivity index (χ1v) is 46.5. The van der Waals surface area contributed by atoms with Crippen LogP contribution >= 0.6 is 0 Å². The van der Waals surface area contributed by atoms with E-state index in [-0.39, 0.29) is 0 Å². The molecule has 0 N–H and O–H groups in total. The minimum Gasteiger partial charge on any atom is -0.455 e. The second-order valence-corrected chi connectivity index (χ2v) is 35.2. The van der Waals surface area contributed by atoms with E-state index in [2.05, 4.69) is 443 Å². The molecule has 0 aliphatic heterocycles. The van der Waals surface area contributed by atoms with E-state index in [1.165, 1.54) is 76.8 Å². The molecule has 0 unspecified atom stereocenters. The van der Waals surface area contributed by atoms with E-state index in [0.717, 1.165) is 188 Å². The van der Waals surface area contributed by atoms with Crippen LogP contribution in [0.25, 0.3) is 265 Å². The van der Waals surface area contributed by atoms with E-state index >= 15 is 0 Å². The van der Waals surface area contributed by atoms with Gasteiger partial charge in [0.1, 0.15) is 55.6 Å². The Balaban J connectivity index is 0.0000000924. The van der Waals surface area contributed by atoms with E-state index in [0.29, 0.717) is 0 Å². The van der Waals surface area contributed by atoms with Crippen molar-refractivity contribution in [1.29, 1.82) is 0 Å². The first-order chi connectivity index (χ1) is 68.0. The van der Waals surface area contributed by atoms with E-state index in [9.17, 15) is 0 Å². The Hall–Kier alpha value is -18.4. The Kier molecular flexibility index (Phi) is 18.5. The van der Waals surface area contributed by atoms with Crippen molar-refractivity contribution in [3.63, 3.8) is 0 Å². The molecule has 137 heavy (non-hydrogen) atoms. The topological polar surface area (TPSA) is 85.4 Å². The lowest BCUT2D eigenvalue weighted by Crippen LogP contribution is -1.96. The molecule has 0 radical (unpaired) electrons. The fourth-order valence-electron chi connectivity index (χ4n) is 21.2. The Morgan fingerprint density at radius 3 is 0.934 bits per heavy atom. The molecule has 0 aliphatic rings. The highest BCUT2D eigenvalue weighted by Gasteiger charge is 2.26. The number of nitrogens with zero attached hydrogens (tertiary/aromatic N) is 4. The third kappa shape index (κ3) is 13.1. The lowest BCUT2D eigenvalue weighted by molar-refractivity contribution is 0.670. The molecule has 0 atom stereocenters. The van der Waals surface area contributed by atoms with Crippen molar-refractivity contribution >= 4 is 186 Å². The number of hydrogen-bond acceptors (Lipinski definition) is 5. The quantitative estimate of drug-likeness (QED) is 0.134. The minimum atomic E-state index is 0.903. The van der Waals surface area contributed by atoms with Gasteiger partial charge < -0.3 is 40.4 Å². The van der Waals surface area contributed by atoms with Gasteiger partial charge in [-0.2, -0.15) is 0 Å². The van der Waals surface area contributed by atoms with Crippen molar-refractivity contribution < 1.29 is 22.1 Å². The van der Waals surface area contributed by atoms with Crippen molar-refractivity contribution in [3.05, 3.63) is 485 Å². The molecule has 21 aromatic carbocycles. The van der Waals surface area contributed by atoms with Crippen molar-refractivity contribution in [2.45, 2.75) is 0 Å². The Labute approximate surface area is 784 Å². The zero-order valence-electron chi connectivity index (χ0n) is 74.0. The Morgan fingerprint density at radius 1 is 0.131 bits per heavy atom. The molecule has 9 nitrogen and oxygen atoms in total. The van der Waals surface area contributed by atoms with Gasteiger partial charge in [0.15, 0.2) is 22.3 Å². The highest BCUT2D eigenvalue weighted by Crippen LogP contribution is 2.48. The smallest absolute Gasteiger partial charge is 0.161 e. The first kappa shape index (κ1) is 78.4. The maximum atomic E-state index is 6.38. The lowest BCUT2D eigenvalue weighted by atomic mass is 9.97. The van der Waals surface area contributed by atoms with Crippen LogP contribution in [0, 0.1) is 0 Å². The summed E-state index contributed by atoms with van der Waals surface area (Å²) in [5.41, 5.74) is 34.6. The number of fused-ring (bicyclic) bond motifs is 27. The zero-order valence-corrected chi connectivity index (χ0v) is 74.0. The number of benzene rings is 21. The van der Waals surface area contributed by atoms with Gasteiger partial charge >= 0.3 is 0 Å². The van der Waals surface area contributed by atoms with Crippen LogP contribution in [0.4, 0.5) is 0 Å². The van der Waals surface area contributed by atoms with Crippen molar-refractivity contribution in [2.75, 3.05) is 0 Å². The average Bonchev–Trinajstić information content (AvgIpc) is 1.58. The second-order valence-electron chi connectivity index (χ2n) is 35.2. The number of para-hydroxylation sites is 10. The van der Waals surface area contributed by atoms with Crippen LogP contribution in [0.3, 0.4) is 0 Å². The summed E-state index contributed by atoms with van der Waals surface area (Å²) in [6.07, 6.45) is 0. The molecule has 0 fully saturated rings. The number of furan rings is 5. The molecule has 9 heteroatoms. The van der Waals surface area contributed by atoms with Crippen LogP contribution in [-0.4, -0.2) is 18.3 Å². The molecule has 0 aliphatic carbocycles. The van der Waals surface area contributed by atoms with E-state index in [1.807, 2.05) is 60.7 Å². The molecule has 642 valence electrons. The Morgan fingerprint density at radius 2 is 0.438 bits per heavy atom. The monoisotopic (exact) mass is 1750 g/mol. The second kappa shape index (κ2) is 32.2. The number of rotatable bonds is 9. The van der Waals surface area contributed by atoms with Gasteiger partial charge in [-0.1, -0.05) is 322 Å².